The number of H-pyrrole nitrogens is 1. The Morgan fingerprint density at radius 3 is 2.54 bits per heavy atom. The van der Waals surface area contributed by atoms with Gasteiger partial charge in [-0.1, -0.05) is 25.7 Å². The predicted octanol–water partition coefficient (Wildman–Crippen LogP) is 1.37. The molecule has 0 bridgehead atoms. The smallest absolute Gasteiger partial charge is 0.254 e. The highest BCUT2D eigenvalue weighted by Gasteiger charge is 2.35. The van der Waals surface area contributed by atoms with Crippen LogP contribution in [0.15, 0.2) is 4.79 Å². The van der Waals surface area contributed by atoms with Crippen LogP contribution >= 0.6 is 0 Å². The molecular formula is C19H28N4O3. The van der Waals surface area contributed by atoms with Gasteiger partial charge in [0.1, 0.15) is 5.82 Å². The molecule has 0 spiro atoms. The van der Waals surface area contributed by atoms with Gasteiger partial charge in [-0.3, -0.25) is 14.4 Å². The standard InChI is InChI=1S/C19H28N4O3/c1-12-16(19(26)21-13(2)20-12)10-17(24)22-14-9-18(25)23(11-14)15-7-5-3-4-6-8-15/h14-15H,3-11H2,1-2H3,(H,22,24)(H,20,21,26)/t14-/m0/s1. The summed E-state index contributed by atoms with van der Waals surface area (Å²) in [5.41, 5.74) is 0.690. The lowest BCUT2D eigenvalue weighted by atomic mass is 10.1. The van der Waals surface area contributed by atoms with Crippen molar-refractivity contribution in [2.45, 2.75) is 77.3 Å². The molecular weight excluding hydrogens is 332 g/mol. The molecule has 1 aromatic heterocycles. The lowest BCUT2D eigenvalue weighted by Crippen LogP contribution is -2.41. The van der Waals surface area contributed by atoms with Crippen molar-refractivity contribution in [3.8, 4) is 0 Å². The summed E-state index contributed by atoms with van der Waals surface area (Å²) in [6.07, 6.45) is 7.31. The van der Waals surface area contributed by atoms with Crippen molar-refractivity contribution in [1.82, 2.24) is 20.2 Å². The first-order chi connectivity index (χ1) is 12.4. The number of hydrogen-bond acceptors (Lipinski definition) is 4. The minimum absolute atomic E-state index is 0.0113. The summed E-state index contributed by atoms with van der Waals surface area (Å²) in [5.74, 6) is 0.440. The maximum atomic E-state index is 12.4. The minimum Gasteiger partial charge on any atom is -0.351 e. The highest BCUT2D eigenvalue weighted by molar-refractivity contribution is 5.83. The molecule has 142 valence electrons. The Labute approximate surface area is 153 Å². The van der Waals surface area contributed by atoms with Gasteiger partial charge in [0, 0.05) is 30.3 Å². The second-order valence-electron chi connectivity index (χ2n) is 7.55. The second-order valence-corrected chi connectivity index (χ2v) is 7.55. The summed E-state index contributed by atoms with van der Waals surface area (Å²) >= 11 is 0. The number of nitrogens with one attached hydrogen (secondary N) is 2. The zero-order valence-corrected chi connectivity index (χ0v) is 15.6. The lowest BCUT2D eigenvalue weighted by Gasteiger charge is -2.27. The van der Waals surface area contributed by atoms with Crippen LogP contribution < -0.4 is 10.9 Å². The van der Waals surface area contributed by atoms with Gasteiger partial charge in [-0.15, -0.1) is 0 Å². The molecule has 2 N–H and O–H groups in total. The number of rotatable bonds is 4. The summed E-state index contributed by atoms with van der Waals surface area (Å²) in [6, 6.07) is 0.148. The fraction of sp³-hybridized carbons (Fsp3) is 0.684. The van der Waals surface area contributed by atoms with E-state index in [2.05, 4.69) is 15.3 Å². The van der Waals surface area contributed by atoms with Gasteiger partial charge in [-0.05, 0) is 26.7 Å². The monoisotopic (exact) mass is 360 g/mol. The van der Waals surface area contributed by atoms with E-state index in [9.17, 15) is 14.4 Å². The Bertz CT molecular complexity index is 735. The van der Waals surface area contributed by atoms with E-state index in [4.69, 9.17) is 0 Å². The molecule has 7 nitrogen and oxygen atoms in total. The van der Waals surface area contributed by atoms with Gasteiger partial charge < -0.3 is 15.2 Å². The molecule has 2 heterocycles. The van der Waals surface area contributed by atoms with Crippen molar-refractivity contribution in [2.75, 3.05) is 6.54 Å². The number of aromatic amines is 1. The number of hydrogen-bond donors (Lipinski definition) is 2. The van der Waals surface area contributed by atoms with Crippen LogP contribution in [0.4, 0.5) is 0 Å². The molecule has 1 aliphatic heterocycles. The molecule has 26 heavy (non-hydrogen) atoms. The molecule has 7 heteroatoms. The normalized spacial score (nSPS) is 21.7. The molecule has 2 aliphatic rings. The second kappa shape index (κ2) is 8.01. The van der Waals surface area contributed by atoms with Gasteiger partial charge in [0.15, 0.2) is 0 Å². The molecule has 2 amide bonds. The van der Waals surface area contributed by atoms with Crippen molar-refractivity contribution in [3.05, 3.63) is 27.4 Å². The van der Waals surface area contributed by atoms with Gasteiger partial charge >= 0.3 is 0 Å². The van der Waals surface area contributed by atoms with Crippen LogP contribution in [0.25, 0.3) is 0 Å². The number of aromatic nitrogens is 2. The molecule has 1 aromatic rings. The Hall–Kier alpha value is -2.18. The molecule has 2 fully saturated rings. The first-order valence-electron chi connectivity index (χ1n) is 9.59. The van der Waals surface area contributed by atoms with Crippen molar-refractivity contribution in [2.24, 2.45) is 0 Å². The molecule has 1 atom stereocenters. The molecule has 0 aromatic carbocycles. The number of carbonyl (C=O) groups excluding carboxylic acids is 2. The molecule has 1 saturated carbocycles. The van der Waals surface area contributed by atoms with E-state index in [0.717, 1.165) is 12.8 Å². The molecule has 0 unspecified atom stereocenters. The van der Waals surface area contributed by atoms with Crippen LogP contribution in [0.1, 0.15) is 62.0 Å². The summed E-state index contributed by atoms with van der Waals surface area (Å²) < 4.78 is 0. The Kier molecular flexibility index (Phi) is 5.74. The third kappa shape index (κ3) is 4.31. The molecule has 1 saturated heterocycles. The first kappa shape index (κ1) is 18.6. The topological polar surface area (TPSA) is 95.2 Å². The summed E-state index contributed by atoms with van der Waals surface area (Å²) in [6.45, 7) is 4.03. The maximum Gasteiger partial charge on any atom is 0.254 e. The summed E-state index contributed by atoms with van der Waals surface area (Å²) in [5, 5.41) is 2.93. The number of amides is 2. The van der Waals surface area contributed by atoms with E-state index in [1.807, 2.05) is 4.90 Å². The van der Waals surface area contributed by atoms with Gasteiger partial charge in [-0.25, -0.2) is 4.98 Å². The van der Waals surface area contributed by atoms with E-state index in [1.54, 1.807) is 13.8 Å². The zero-order valence-electron chi connectivity index (χ0n) is 15.6. The fourth-order valence-corrected chi connectivity index (χ4v) is 4.15. The van der Waals surface area contributed by atoms with Crippen LogP contribution in [-0.4, -0.2) is 45.3 Å². The maximum absolute atomic E-state index is 12.4. The fourth-order valence-electron chi connectivity index (χ4n) is 4.15. The van der Waals surface area contributed by atoms with E-state index < -0.39 is 0 Å². The van der Waals surface area contributed by atoms with Gasteiger partial charge in [0.25, 0.3) is 5.56 Å². The van der Waals surface area contributed by atoms with Gasteiger partial charge in [0.05, 0.1) is 12.5 Å². The number of aryl methyl sites for hydroxylation is 2. The number of nitrogens with zero attached hydrogens (tertiary/aromatic N) is 2. The van der Waals surface area contributed by atoms with Crippen molar-refractivity contribution < 1.29 is 9.59 Å². The third-order valence-corrected chi connectivity index (χ3v) is 5.47. The first-order valence-corrected chi connectivity index (χ1v) is 9.59. The molecule has 1 aliphatic carbocycles. The van der Waals surface area contributed by atoms with Crippen LogP contribution in [0, 0.1) is 13.8 Å². The Morgan fingerprint density at radius 1 is 1.19 bits per heavy atom. The molecule has 3 rings (SSSR count). The largest absolute Gasteiger partial charge is 0.351 e. The zero-order chi connectivity index (χ0) is 18.7. The van der Waals surface area contributed by atoms with E-state index in [1.165, 1.54) is 25.7 Å². The minimum atomic E-state index is -0.271. The van der Waals surface area contributed by atoms with Crippen LogP contribution in [-0.2, 0) is 16.0 Å². The SMILES string of the molecule is Cc1nc(C)c(CC(=O)N[C@H]2CC(=O)N(C3CCCCCC3)C2)c(=O)[nH]1. The highest BCUT2D eigenvalue weighted by Crippen LogP contribution is 2.25. The van der Waals surface area contributed by atoms with E-state index in [0.29, 0.717) is 36.1 Å². The average molecular weight is 360 g/mol. The predicted molar refractivity (Wildman–Crippen MR) is 97.8 cm³/mol. The van der Waals surface area contributed by atoms with Crippen molar-refractivity contribution in [3.63, 3.8) is 0 Å². The quantitative estimate of drug-likeness (QED) is 0.793. The Morgan fingerprint density at radius 2 is 1.88 bits per heavy atom. The van der Waals surface area contributed by atoms with Crippen LogP contribution in [0.5, 0.6) is 0 Å². The van der Waals surface area contributed by atoms with E-state index in [-0.39, 0.29) is 29.8 Å². The van der Waals surface area contributed by atoms with E-state index >= 15 is 0 Å². The van der Waals surface area contributed by atoms with Gasteiger partial charge in [0.2, 0.25) is 11.8 Å². The summed E-state index contributed by atoms with van der Waals surface area (Å²) in [4.78, 5) is 45.6. The molecule has 0 radical (unpaired) electrons. The van der Waals surface area contributed by atoms with Crippen molar-refractivity contribution in [1.29, 1.82) is 0 Å². The van der Waals surface area contributed by atoms with Crippen LogP contribution in [0.2, 0.25) is 0 Å². The summed E-state index contributed by atoms with van der Waals surface area (Å²) in [7, 11) is 0. The van der Waals surface area contributed by atoms with Crippen molar-refractivity contribution >= 4 is 11.8 Å². The highest BCUT2D eigenvalue weighted by atomic mass is 16.2. The average Bonchev–Trinajstić information content (AvgIpc) is 2.77. The number of likely N-dealkylation sites (tertiary alicyclic amines) is 1. The number of carbonyl (C=O) groups is 2. The Balaban J connectivity index is 1.58. The van der Waals surface area contributed by atoms with Crippen LogP contribution in [0.3, 0.4) is 0 Å². The third-order valence-electron chi connectivity index (χ3n) is 5.47. The van der Waals surface area contributed by atoms with Gasteiger partial charge in [-0.2, -0.15) is 0 Å². The lowest BCUT2D eigenvalue weighted by molar-refractivity contribution is -0.129.